The van der Waals surface area contributed by atoms with Crippen molar-refractivity contribution in [3.8, 4) is 6.07 Å². The Morgan fingerprint density at radius 1 is 1.09 bits per heavy atom. The first kappa shape index (κ1) is 15.4. The van der Waals surface area contributed by atoms with Crippen LogP contribution in [0.3, 0.4) is 0 Å². The topological polar surface area (TPSA) is 101 Å². The minimum absolute atomic E-state index is 0.0183. The lowest BCUT2D eigenvalue weighted by Crippen LogP contribution is -2.03. The van der Waals surface area contributed by atoms with E-state index >= 15 is 0 Å². The number of benzene rings is 2. The Morgan fingerprint density at radius 3 is 2.18 bits per heavy atom. The second-order valence-corrected chi connectivity index (χ2v) is 6.20. The number of hydrogen-bond donors (Lipinski definition) is 0. The highest BCUT2D eigenvalue weighted by molar-refractivity contribution is 7.95. The van der Waals surface area contributed by atoms with E-state index in [1.165, 1.54) is 42.5 Å². The van der Waals surface area contributed by atoms with Gasteiger partial charge in [0.05, 0.1) is 9.82 Å². The summed E-state index contributed by atoms with van der Waals surface area (Å²) >= 11 is 0. The van der Waals surface area contributed by atoms with Crippen molar-refractivity contribution in [1.29, 1.82) is 5.26 Å². The van der Waals surface area contributed by atoms with Crippen LogP contribution in [-0.4, -0.2) is 13.3 Å². The van der Waals surface area contributed by atoms with Gasteiger partial charge in [-0.05, 0) is 35.9 Å². The number of nitriles is 1. The first-order valence-corrected chi connectivity index (χ1v) is 7.60. The molecule has 0 aliphatic carbocycles. The molecular formula is C15H10N2O4S. The van der Waals surface area contributed by atoms with E-state index in [9.17, 15) is 18.5 Å². The van der Waals surface area contributed by atoms with Crippen molar-refractivity contribution < 1.29 is 13.3 Å². The maximum Gasteiger partial charge on any atom is 0.269 e. The Kier molecular flexibility index (Phi) is 4.34. The number of nitro groups is 1. The SMILES string of the molecule is N#CC(=Cc1ccc([N+](=O)[O-])cc1)S(=O)(=O)c1ccccc1. The molecular weight excluding hydrogens is 304 g/mol. The smallest absolute Gasteiger partial charge is 0.258 e. The maximum absolute atomic E-state index is 12.3. The molecule has 0 aliphatic rings. The molecule has 6 nitrogen and oxygen atoms in total. The molecule has 7 heteroatoms. The van der Waals surface area contributed by atoms with Crippen LogP contribution in [0.5, 0.6) is 0 Å². The van der Waals surface area contributed by atoms with Gasteiger partial charge < -0.3 is 0 Å². The Balaban J connectivity index is 2.44. The first-order valence-electron chi connectivity index (χ1n) is 6.11. The van der Waals surface area contributed by atoms with Crippen LogP contribution < -0.4 is 0 Å². The van der Waals surface area contributed by atoms with E-state index in [0.29, 0.717) is 5.56 Å². The van der Waals surface area contributed by atoms with E-state index in [1.54, 1.807) is 24.3 Å². The second kappa shape index (κ2) is 6.20. The zero-order chi connectivity index (χ0) is 16.2. The molecule has 0 saturated carbocycles. The van der Waals surface area contributed by atoms with Crippen molar-refractivity contribution in [3.05, 3.63) is 75.2 Å². The monoisotopic (exact) mass is 314 g/mol. The van der Waals surface area contributed by atoms with Gasteiger partial charge in [0, 0.05) is 12.1 Å². The molecule has 0 atom stereocenters. The largest absolute Gasteiger partial charge is 0.269 e. The molecule has 0 N–H and O–H groups in total. The van der Waals surface area contributed by atoms with Gasteiger partial charge in [-0.1, -0.05) is 18.2 Å². The highest BCUT2D eigenvalue weighted by Gasteiger charge is 2.20. The fourth-order valence-corrected chi connectivity index (χ4v) is 2.92. The van der Waals surface area contributed by atoms with Gasteiger partial charge in [0.25, 0.3) is 5.69 Å². The molecule has 110 valence electrons. The summed E-state index contributed by atoms with van der Waals surface area (Å²) in [6.07, 6.45) is 1.19. The molecule has 0 heterocycles. The lowest BCUT2D eigenvalue weighted by atomic mass is 10.2. The molecule has 22 heavy (non-hydrogen) atoms. The molecule has 0 amide bonds. The standard InChI is InChI=1S/C15H10N2O4S/c16-11-15(22(20,21)14-4-2-1-3-5-14)10-12-6-8-13(9-7-12)17(18)19/h1-10H. The van der Waals surface area contributed by atoms with Crippen LogP contribution in [0.1, 0.15) is 5.56 Å². The maximum atomic E-state index is 12.3. The van der Waals surface area contributed by atoms with Crippen LogP contribution in [0.2, 0.25) is 0 Å². The molecule has 0 aromatic heterocycles. The van der Waals surface area contributed by atoms with E-state index in [2.05, 4.69) is 0 Å². The normalized spacial score (nSPS) is 11.7. The summed E-state index contributed by atoms with van der Waals surface area (Å²) in [5, 5.41) is 19.7. The summed E-state index contributed by atoms with van der Waals surface area (Å²) in [4.78, 5) is 9.62. The van der Waals surface area contributed by atoms with Gasteiger partial charge in [-0.3, -0.25) is 10.1 Å². The van der Waals surface area contributed by atoms with Gasteiger partial charge in [0.15, 0.2) is 0 Å². The fraction of sp³-hybridized carbons (Fsp3) is 0. The predicted octanol–water partition coefficient (Wildman–Crippen LogP) is 2.93. The van der Waals surface area contributed by atoms with Crippen LogP contribution >= 0.6 is 0 Å². The van der Waals surface area contributed by atoms with Crippen LogP contribution in [0.15, 0.2) is 64.4 Å². The number of nitrogens with zero attached hydrogens (tertiary/aromatic N) is 2. The predicted molar refractivity (Wildman–Crippen MR) is 80.3 cm³/mol. The summed E-state index contributed by atoms with van der Waals surface area (Å²) in [6, 6.07) is 14.5. The van der Waals surface area contributed by atoms with E-state index in [0.717, 1.165) is 0 Å². The lowest BCUT2D eigenvalue weighted by Gasteiger charge is -2.02. The fourth-order valence-electron chi connectivity index (χ4n) is 1.74. The summed E-state index contributed by atoms with van der Waals surface area (Å²) < 4.78 is 24.7. The van der Waals surface area contributed by atoms with Gasteiger partial charge in [0.1, 0.15) is 11.0 Å². The molecule has 2 aromatic carbocycles. The number of non-ortho nitro benzene ring substituents is 1. The molecule has 0 aliphatic heterocycles. The number of nitro benzene ring substituents is 1. The van der Waals surface area contributed by atoms with Gasteiger partial charge >= 0.3 is 0 Å². The quantitative estimate of drug-likeness (QED) is 0.490. The van der Waals surface area contributed by atoms with E-state index in [1.807, 2.05) is 0 Å². The van der Waals surface area contributed by atoms with Crippen molar-refractivity contribution in [2.24, 2.45) is 0 Å². The minimum atomic E-state index is -3.91. The average Bonchev–Trinajstić information content (AvgIpc) is 2.53. The summed E-state index contributed by atoms with van der Waals surface area (Å²) in [5.74, 6) is 0. The molecule has 0 saturated heterocycles. The molecule has 0 unspecified atom stereocenters. The lowest BCUT2D eigenvalue weighted by molar-refractivity contribution is -0.384. The molecule has 2 aromatic rings. The second-order valence-electron chi connectivity index (χ2n) is 4.29. The van der Waals surface area contributed by atoms with Crippen molar-refractivity contribution >= 4 is 21.6 Å². The van der Waals surface area contributed by atoms with Crippen molar-refractivity contribution in [2.75, 3.05) is 0 Å². The first-order chi connectivity index (χ1) is 10.4. The van der Waals surface area contributed by atoms with Crippen molar-refractivity contribution in [2.45, 2.75) is 4.90 Å². The highest BCUT2D eigenvalue weighted by atomic mass is 32.2. The van der Waals surface area contributed by atoms with Gasteiger partial charge in [-0.15, -0.1) is 0 Å². The summed E-state index contributed by atoms with van der Waals surface area (Å²) in [6.45, 7) is 0. The number of hydrogen-bond acceptors (Lipinski definition) is 5. The Labute approximate surface area is 127 Å². The van der Waals surface area contributed by atoms with Crippen molar-refractivity contribution in [3.63, 3.8) is 0 Å². The summed E-state index contributed by atoms with van der Waals surface area (Å²) in [7, 11) is -3.91. The zero-order valence-electron chi connectivity index (χ0n) is 11.2. The Hall–Kier alpha value is -2.98. The summed E-state index contributed by atoms with van der Waals surface area (Å²) in [5.41, 5.74) is 0.281. The van der Waals surface area contributed by atoms with Crippen LogP contribution in [-0.2, 0) is 9.84 Å². The van der Waals surface area contributed by atoms with E-state index in [4.69, 9.17) is 5.26 Å². The minimum Gasteiger partial charge on any atom is -0.258 e. The van der Waals surface area contributed by atoms with Crippen LogP contribution in [0.25, 0.3) is 6.08 Å². The molecule has 2 rings (SSSR count). The third kappa shape index (κ3) is 3.19. The Morgan fingerprint density at radius 2 is 1.68 bits per heavy atom. The average molecular weight is 314 g/mol. The third-order valence-electron chi connectivity index (χ3n) is 2.85. The van der Waals surface area contributed by atoms with Crippen molar-refractivity contribution in [1.82, 2.24) is 0 Å². The molecule has 0 radical (unpaired) electrons. The Bertz CT molecular complexity index is 864. The van der Waals surface area contributed by atoms with E-state index < -0.39 is 19.7 Å². The zero-order valence-corrected chi connectivity index (χ0v) is 12.0. The van der Waals surface area contributed by atoms with Gasteiger partial charge in [-0.25, -0.2) is 8.42 Å². The van der Waals surface area contributed by atoms with Gasteiger partial charge in [0.2, 0.25) is 9.84 Å². The number of allylic oxidation sites excluding steroid dienone is 1. The molecule has 0 bridgehead atoms. The molecule has 0 fully saturated rings. The third-order valence-corrected chi connectivity index (χ3v) is 4.54. The van der Waals surface area contributed by atoms with Gasteiger partial charge in [-0.2, -0.15) is 5.26 Å². The van der Waals surface area contributed by atoms with Crippen LogP contribution in [0.4, 0.5) is 5.69 Å². The van der Waals surface area contributed by atoms with E-state index in [-0.39, 0.29) is 10.6 Å². The highest BCUT2D eigenvalue weighted by Crippen LogP contribution is 2.21. The van der Waals surface area contributed by atoms with Crippen LogP contribution in [0, 0.1) is 21.4 Å². The number of rotatable bonds is 4. The molecule has 0 spiro atoms. The number of sulfone groups is 1.